The highest BCUT2D eigenvalue weighted by Gasteiger charge is 2.55. The van der Waals surface area contributed by atoms with Gasteiger partial charge in [0.2, 0.25) is 5.78 Å². The van der Waals surface area contributed by atoms with Crippen LogP contribution in [0.25, 0.3) is 0 Å². The number of aliphatic hydroxyl groups excluding tert-OH is 1. The Bertz CT molecular complexity index is 2020. The molecule has 3 aliphatic heterocycles. The molecule has 0 aromatic carbocycles. The van der Waals surface area contributed by atoms with E-state index in [1.54, 1.807) is 52.1 Å². The molecule has 1 aliphatic carbocycles. The molecule has 17 heteroatoms. The van der Waals surface area contributed by atoms with Crippen LogP contribution in [-0.2, 0) is 47.7 Å². The summed E-state index contributed by atoms with van der Waals surface area (Å²) in [5.41, 5.74) is 1.24. The van der Waals surface area contributed by atoms with E-state index in [4.69, 9.17) is 23.7 Å². The van der Waals surface area contributed by atoms with Gasteiger partial charge in [0.25, 0.3) is 5.91 Å². The Labute approximate surface area is 408 Å². The summed E-state index contributed by atoms with van der Waals surface area (Å²) in [5.74, 6) is -7.98. The molecule has 4 aliphatic rings. The second kappa shape index (κ2) is 25.7. The van der Waals surface area contributed by atoms with Gasteiger partial charge in [0, 0.05) is 58.5 Å². The molecule has 384 valence electrons. The number of aromatic nitrogens is 4. The molecule has 4 heterocycles. The van der Waals surface area contributed by atoms with Gasteiger partial charge in [-0.2, -0.15) is 0 Å². The Morgan fingerprint density at radius 1 is 0.870 bits per heavy atom. The molecule has 3 fully saturated rings. The molecule has 5 rings (SSSR count). The number of methoxy groups -OCH3 is 3. The van der Waals surface area contributed by atoms with Crippen molar-refractivity contribution in [2.75, 3.05) is 27.9 Å². The van der Waals surface area contributed by atoms with Crippen LogP contribution in [0.5, 0.6) is 0 Å². The van der Waals surface area contributed by atoms with Crippen molar-refractivity contribution in [2.24, 2.45) is 35.5 Å². The molecule has 0 unspecified atom stereocenters. The van der Waals surface area contributed by atoms with Gasteiger partial charge in [0.1, 0.15) is 36.5 Å². The largest absolute Gasteiger partial charge is 0.460 e. The van der Waals surface area contributed by atoms with Crippen molar-refractivity contribution in [1.29, 1.82) is 0 Å². The van der Waals surface area contributed by atoms with Crippen molar-refractivity contribution in [3.05, 3.63) is 53.9 Å². The van der Waals surface area contributed by atoms with Gasteiger partial charge in [-0.25, -0.2) is 9.48 Å². The van der Waals surface area contributed by atoms with Crippen LogP contribution in [0.3, 0.4) is 0 Å². The molecular formula is C52H79N5O12. The number of hydrogen-bond acceptors (Lipinski definition) is 15. The zero-order chi connectivity index (χ0) is 50.6. The molecular weight excluding hydrogens is 887 g/mol. The second-order valence-corrected chi connectivity index (χ2v) is 20.4. The van der Waals surface area contributed by atoms with Crippen molar-refractivity contribution < 1.29 is 57.9 Å². The standard InChI is InChI=1S/C52H79N5O12/c1-31-16-12-11-13-17-32(2)43(65-8)28-39-21-19-33(3)49(61)52(64,69-39)51(63)56-23-15-14-18-41(56)50(62)68-44(35(5)26-38-20-22-40(45(27-38)66-9)57-30-53-54-55-57)29-42(58)34(4)25-37(7)47(60)48(67-10)46(59)36(6)24-31/h11-13,16-17,25,30-31,33-36,38-41,43-45,47-48,60,64H,14-15,18-24,26-29H2,1-10H3/b13-11+,16-12+,32-17+,37-25+/t31-,33-,34-,35-,36-,38+,39+,40+,41+,43+,44+,45-,47-,48+,52+/m1/s1. The van der Waals surface area contributed by atoms with Gasteiger partial charge in [-0.05, 0) is 117 Å². The average molecular weight is 966 g/mol. The Morgan fingerprint density at radius 3 is 2.30 bits per heavy atom. The minimum absolute atomic E-state index is 0.0124. The number of tetrazole rings is 1. The number of piperidine rings is 1. The monoisotopic (exact) mass is 966 g/mol. The third-order valence-corrected chi connectivity index (χ3v) is 15.1. The van der Waals surface area contributed by atoms with Crippen LogP contribution in [0.1, 0.15) is 132 Å². The molecule has 15 atom stereocenters. The van der Waals surface area contributed by atoms with Gasteiger partial charge >= 0.3 is 11.8 Å². The van der Waals surface area contributed by atoms with Crippen molar-refractivity contribution in [2.45, 2.75) is 180 Å². The van der Waals surface area contributed by atoms with Crippen LogP contribution in [0.15, 0.2) is 53.9 Å². The van der Waals surface area contributed by atoms with Crippen LogP contribution >= 0.6 is 0 Å². The lowest BCUT2D eigenvalue weighted by Gasteiger charge is -2.40. The summed E-state index contributed by atoms with van der Waals surface area (Å²) >= 11 is 0. The van der Waals surface area contributed by atoms with E-state index >= 15 is 0 Å². The lowest BCUT2D eigenvalue weighted by Crippen LogP contribution is -2.62. The van der Waals surface area contributed by atoms with E-state index in [0.717, 1.165) is 18.4 Å². The van der Waals surface area contributed by atoms with Gasteiger partial charge in [0.05, 0.1) is 24.4 Å². The van der Waals surface area contributed by atoms with Crippen LogP contribution in [0.2, 0.25) is 0 Å². The fourth-order valence-corrected chi connectivity index (χ4v) is 10.7. The maximum absolute atomic E-state index is 14.7. The van der Waals surface area contributed by atoms with Gasteiger partial charge in [0.15, 0.2) is 5.78 Å². The maximum Gasteiger partial charge on any atom is 0.329 e. The number of cyclic esters (lactones) is 1. The number of nitrogens with zero attached hydrogens (tertiary/aromatic N) is 5. The first kappa shape index (κ1) is 55.7. The van der Waals surface area contributed by atoms with Crippen molar-refractivity contribution in [1.82, 2.24) is 25.1 Å². The molecule has 69 heavy (non-hydrogen) atoms. The summed E-state index contributed by atoms with van der Waals surface area (Å²) in [7, 11) is 4.61. The number of rotatable bonds is 7. The summed E-state index contributed by atoms with van der Waals surface area (Å²) in [5, 5.41) is 35.4. The Hall–Kier alpha value is -4.26. The highest BCUT2D eigenvalue weighted by Crippen LogP contribution is 2.39. The van der Waals surface area contributed by atoms with E-state index in [0.29, 0.717) is 50.5 Å². The van der Waals surface area contributed by atoms with Crippen LogP contribution < -0.4 is 0 Å². The summed E-state index contributed by atoms with van der Waals surface area (Å²) in [4.78, 5) is 72.6. The Kier molecular flexibility index (Phi) is 20.8. The second-order valence-electron chi connectivity index (χ2n) is 20.4. The summed E-state index contributed by atoms with van der Waals surface area (Å²) in [6.07, 6.45) is 13.4. The number of allylic oxidation sites excluding steroid dienone is 6. The third kappa shape index (κ3) is 14.2. The van der Waals surface area contributed by atoms with Crippen LogP contribution in [0, 0.1) is 35.5 Å². The van der Waals surface area contributed by atoms with Gasteiger partial charge in [-0.1, -0.05) is 71.1 Å². The van der Waals surface area contributed by atoms with Crippen molar-refractivity contribution >= 4 is 29.2 Å². The van der Waals surface area contributed by atoms with E-state index in [9.17, 15) is 34.2 Å². The number of ether oxygens (including phenoxy) is 5. The number of amides is 1. The fourth-order valence-electron chi connectivity index (χ4n) is 10.7. The van der Waals surface area contributed by atoms with Gasteiger partial charge in [-0.15, -0.1) is 5.10 Å². The zero-order valence-electron chi connectivity index (χ0n) is 42.5. The van der Waals surface area contributed by atoms with E-state index in [2.05, 4.69) is 15.5 Å². The number of ketones is 3. The van der Waals surface area contributed by atoms with Crippen LogP contribution in [0.4, 0.5) is 0 Å². The normalized spacial score (nSPS) is 38.8. The number of carbonyl (C=O) groups excluding carboxylic acids is 5. The van der Waals surface area contributed by atoms with Crippen molar-refractivity contribution in [3.8, 4) is 0 Å². The molecule has 0 spiro atoms. The van der Waals surface area contributed by atoms with E-state index in [-0.39, 0.29) is 67.3 Å². The predicted molar refractivity (Wildman–Crippen MR) is 256 cm³/mol. The Morgan fingerprint density at radius 2 is 1.62 bits per heavy atom. The molecule has 2 saturated heterocycles. The first-order valence-electron chi connectivity index (χ1n) is 25.0. The van der Waals surface area contributed by atoms with E-state index in [1.165, 1.54) is 12.0 Å². The number of carbonyl (C=O) groups is 5. The summed E-state index contributed by atoms with van der Waals surface area (Å²) < 4.78 is 31.7. The van der Waals surface area contributed by atoms with E-state index in [1.807, 2.05) is 58.1 Å². The minimum atomic E-state index is -2.86. The maximum atomic E-state index is 14.7. The predicted octanol–water partition coefficient (Wildman–Crippen LogP) is 6.05. The number of fused-ring (bicyclic) bond motifs is 3. The number of esters is 1. The smallest absolute Gasteiger partial charge is 0.329 e. The lowest BCUT2D eigenvalue weighted by atomic mass is 9.77. The third-order valence-electron chi connectivity index (χ3n) is 15.1. The molecule has 2 N–H and O–H groups in total. The minimum Gasteiger partial charge on any atom is -0.460 e. The fraction of sp³-hybridized carbons (Fsp3) is 0.731. The number of aliphatic hydroxyl groups is 2. The number of Topliss-reactive ketones (excluding diaryl/α,β-unsaturated/α-hetero) is 3. The van der Waals surface area contributed by atoms with Crippen LogP contribution in [-0.4, -0.2) is 141 Å². The SMILES string of the molecule is CO[C@H]1C[C@@H]2CC[C@@H](C)C(=O)[C@](O)(O2)C(=O)N2CCCC[C@H]2C(=O)O[C@H]([C@H](C)C[C@@H]2CC[C@H](n3cnnn3)[C@H](OC)C2)CC(=O)[C@H](C)/C=C(\C)[C@@H](O)[C@@H](OC)C(=O)[C@H](C)C[C@H](C)/C=C/C=C/C=C/1C. The summed E-state index contributed by atoms with van der Waals surface area (Å²) in [6.45, 7) is 12.8. The molecule has 17 nitrogen and oxygen atoms in total. The first-order valence-corrected chi connectivity index (χ1v) is 25.0. The molecule has 0 radical (unpaired) electrons. The molecule has 1 saturated carbocycles. The van der Waals surface area contributed by atoms with E-state index < -0.39 is 77.8 Å². The molecule has 1 aromatic heterocycles. The average Bonchev–Trinajstić information content (AvgIpc) is 3.85. The summed E-state index contributed by atoms with van der Waals surface area (Å²) in [6, 6.07) is -1.21. The van der Waals surface area contributed by atoms with Gasteiger partial charge in [-0.3, -0.25) is 19.2 Å². The van der Waals surface area contributed by atoms with Crippen molar-refractivity contribution in [3.63, 3.8) is 0 Å². The molecule has 1 aromatic rings. The lowest BCUT2D eigenvalue weighted by molar-refractivity contribution is -0.231. The highest BCUT2D eigenvalue weighted by molar-refractivity contribution is 6.09. The number of hydrogen-bond donors (Lipinski definition) is 2. The topological polar surface area (TPSA) is 219 Å². The molecule has 2 bridgehead atoms. The highest BCUT2D eigenvalue weighted by atomic mass is 16.6. The van der Waals surface area contributed by atoms with Gasteiger partial charge < -0.3 is 38.8 Å². The Balaban J connectivity index is 1.49. The molecule has 1 amide bonds. The quantitative estimate of drug-likeness (QED) is 0.181. The zero-order valence-corrected chi connectivity index (χ0v) is 42.5. The first-order chi connectivity index (χ1) is 32.8.